The zero-order valence-corrected chi connectivity index (χ0v) is 24.7. The van der Waals surface area contributed by atoms with Gasteiger partial charge in [-0.25, -0.2) is 14.4 Å². The van der Waals surface area contributed by atoms with E-state index in [0.29, 0.717) is 17.9 Å². The number of rotatable bonds is 6. The lowest BCUT2D eigenvalue weighted by molar-refractivity contribution is -0.193. The normalized spacial score (nSPS) is 20.1. The third-order valence-electron chi connectivity index (χ3n) is 6.43. The van der Waals surface area contributed by atoms with Crippen molar-refractivity contribution >= 4 is 29.2 Å². The molecule has 0 unspecified atom stereocenters. The van der Waals surface area contributed by atoms with Gasteiger partial charge >= 0.3 is 36.4 Å². The van der Waals surface area contributed by atoms with Crippen molar-refractivity contribution in [3.05, 3.63) is 52.5 Å². The van der Waals surface area contributed by atoms with Crippen molar-refractivity contribution in [1.29, 1.82) is 0 Å². The van der Waals surface area contributed by atoms with Crippen LogP contribution in [0.2, 0.25) is 0 Å². The van der Waals surface area contributed by atoms with Crippen molar-refractivity contribution in [2.75, 3.05) is 39.8 Å². The summed E-state index contributed by atoms with van der Waals surface area (Å²) in [6.07, 6.45) is -12.1. The standard InChI is InChI=1S/C20H27N3OS.3C2HF3O2/c1-22-11-17(13-24-14-18-5-2-3-8-21-18)20(15-22)7-9-23(16-20)12-19-6-4-10-25-19;3*3-2(4,5)1(6)7/h2-6,8,10,17H,7,9,11-16H2,1H3;3*(H,6,7)/t17-,20-;;;/m1.../s1. The number of carbonyl (C=O) groups is 3. The Balaban J connectivity index is 0.000000413. The van der Waals surface area contributed by atoms with Gasteiger partial charge in [-0.05, 0) is 43.6 Å². The predicted octanol–water partition coefficient (Wildman–Crippen LogP) is 5.01. The average Bonchev–Trinajstić information content (AvgIpc) is 3.65. The van der Waals surface area contributed by atoms with Crippen molar-refractivity contribution in [3.63, 3.8) is 0 Å². The van der Waals surface area contributed by atoms with Gasteiger partial charge in [0.2, 0.25) is 0 Å². The van der Waals surface area contributed by atoms with Crippen LogP contribution in [-0.2, 0) is 32.3 Å². The minimum atomic E-state index is -5.08. The molecule has 20 heteroatoms. The molecule has 46 heavy (non-hydrogen) atoms. The van der Waals surface area contributed by atoms with E-state index in [4.69, 9.17) is 34.4 Å². The number of thiophene rings is 1. The van der Waals surface area contributed by atoms with Gasteiger partial charge in [0.05, 0.1) is 18.9 Å². The maximum absolute atomic E-state index is 10.6. The quantitative estimate of drug-likeness (QED) is 0.353. The molecule has 0 aliphatic carbocycles. The minimum Gasteiger partial charge on any atom is -0.475 e. The highest BCUT2D eigenvalue weighted by Gasteiger charge is 2.49. The number of ether oxygens (including phenoxy) is 1. The Morgan fingerprint density at radius 1 is 0.913 bits per heavy atom. The second kappa shape index (κ2) is 17.4. The lowest BCUT2D eigenvalue weighted by Gasteiger charge is -2.30. The molecular weight excluding hydrogens is 669 g/mol. The summed E-state index contributed by atoms with van der Waals surface area (Å²) in [5, 5.41) is 23.6. The van der Waals surface area contributed by atoms with E-state index in [2.05, 4.69) is 39.3 Å². The van der Waals surface area contributed by atoms with Crippen LogP contribution in [0.15, 0.2) is 41.9 Å². The van der Waals surface area contributed by atoms with E-state index in [0.717, 1.165) is 25.4 Å². The van der Waals surface area contributed by atoms with Crippen LogP contribution in [0.5, 0.6) is 0 Å². The van der Waals surface area contributed by atoms with Crippen LogP contribution in [0.3, 0.4) is 0 Å². The zero-order valence-electron chi connectivity index (χ0n) is 23.9. The van der Waals surface area contributed by atoms with Gasteiger partial charge in [-0.15, -0.1) is 11.3 Å². The smallest absolute Gasteiger partial charge is 0.475 e. The highest BCUT2D eigenvalue weighted by atomic mass is 32.1. The fraction of sp³-hybridized carbons (Fsp3) is 0.538. The number of hydrogen-bond donors (Lipinski definition) is 3. The van der Waals surface area contributed by atoms with E-state index >= 15 is 0 Å². The Labute approximate surface area is 260 Å². The molecule has 2 fully saturated rings. The number of alkyl halides is 9. The van der Waals surface area contributed by atoms with Crippen LogP contribution in [0, 0.1) is 11.3 Å². The summed E-state index contributed by atoms with van der Waals surface area (Å²) in [5.74, 6) is -7.65. The third-order valence-corrected chi connectivity index (χ3v) is 7.29. The largest absolute Gasteiger partial charge is 0.490 e. The molecule has 0 saturated carbocycles. The molecule has 2 aromatic heterocycles. The average molecular weight is 700 g/mol. The lowest BCUT2D eigenvalue weighted by atomic mass is 9.77. The summed E-state index contributed by atoms with van der Waals surface area (Å²) in [4.78, 5) is 37.6. The van der Waals surface area contributed by atoms with Crippen LogP contribution in [-0.4, -0.2) is 106 Å². The summed E-state index contributed by atoms with van der Waals surface area (Å²) in [6.45, 7) is 7.32. The number of carboxylic acid groups (broad SMARTS) is 3. The first-order valence-corrected chi connectivity index (χ1v) is 13.8. The van der Waals surface area contributed by atoms with Gasteiger partial charge in [-0.2, -0.15) is 39.5 Å². The maximum atomic E-state index is 10.6. The molecule has 0 bridgehead atoms. The molecule has 2 aromatic rings. The van der Waals surface area contributed by atoms with E-state index in [1.807, 2.05) is 35.7 Å². The topological polar surface area (TPSA) is 140 Å². The van der Waals surface area contributed by atoms with E-state index < -0.39 is 36.4 Å². The molecule has 0 aromatic carbocycles. The van der Waals surface area contributed by atoms with Crippen LogP contribution in [0.25, 0.3) is 0 Å². The SMILES string of the molecule is CN1C[C@H](COCc2ccccn2)[C@]2(CCN(Cc3cccs3)C2)C1.O=C(O)C(F)(F)F.O=C(O)C(F)(F)F.O=C(O)C(F)(F)F. The highest BCUT2D eigenvalue weighted by Crippen LogP contribution is 2.44. The molecule has 260 valence electrons. The lowest BCUT2D eigenvalue weighted by Crippen LogP contribution is -2.36. The molecule has 2 saturated heterocycles. The summed E-state index contributed by atoms with van der Waals surface area (Å²) in [5.41, 5.74) is 1.42. The van der Waals surface area contributed by atoms with Gasteiger partial charge in [-0.1, -0.05) is 12.1 Å². The van der Waals surface area contributed by atoms with Crippen molar-refractivity contribution in [1.82, 2.24) is 14.8 Å². The highest BCUT2D eigenvalue weighted by molar-refractivity contribution is 7.09. The monoisotopic (exact) mass is 699 g/mol. The van der Waals surface area contributed by atoms with Crippen LogP contribution in [0.1, 0.15) is 17.0 Å². The molecule has 2 aliphatic rings. The van der Waals surface area contributed by atoms with Gasteiger partial charge in [0.1, 0.15) is 0 Å². The van der Waals surface area contributed by atoms with Crippen LogP contribution >= 0.6 is 11.3 Å². The number of aliphatic carboxylic acids is 3. The Morgan fingerprint density at radius 2 is 1.46 bits per heavy atom. The summed E-state index contributed by atoms with van der Waals surface area (Å²) < 4.78 is 101. The molecule has 2 aliphatic heterocycles. The van der Waals surface area contributed by atoms with Crippen molar-refractivity contribution < 1.29 is 74.0 Å². The number of likely N-dealkylation sites (tertiary alicyclic amines) is 2. The molecule has 0 amide bonds. The van der Waals surface area contributed by atoms with Gasteiger partial charge in [0, 0.05) is 48.6 Å². The van der Waals surface area contributed by atoms with Crippen molar-refractivity contribution in [2.24, 2.45) is 11.3 Å². The number of hydrogen-bond acceptors (Lipinski definition) is 8. The van der Waals surface area contributed by atoms with E-state index in [1.54, 1.807) is 0 Å². The first-order chi connectivity index (χ1) is 21.1. The number of pyridine rings is 1. The van der Waals surface area contributed by atoms with Crippen LogP contribution in [0.4, 0.5) is 39.5 Å². The van der Waals surface area contributed by atoms with Gasteiger partial charge in [-0.3, -0.25) is 9.88 Å². The molecule has 10 nitrogen and oxygen atoms in total. The molecule has 4 rings (SSSR count). The number of carboxylic acids is 3. The van der Waals surface area contributed by atoms with E-state index in [9.17, 15) is 39.5 Å². The Bertz CT molecular complexity index is 1170. The second-order valence-electron chi connectivity index (χ2n) is 10.0. The van der Waals surface area contributed by atoms with Crippen LogP contribution < -0.4 is 0 Å². The minimum absolute atomic E-state index is 0.399. The van der Waals surface area contributed by atoms with Gasteiger partial charge in [0.15, 0.2) is 0 Å². The Morgan fingerprint density at radius 3 is 1.89 bits per heavy atom. The van der Waals surface area contributed by atoms with Crippen molar-refractivity contribution in [3.8, 4) is 0 Å². The summed E-state index contributed by atoms with van der Waals surface area (Å²) in [6, 6.07) is 10.4. The molecule has 4 heterocycles. The fourth-order valence-corrected chi connectivity index (χ4v) is 5.27. The Hall–Kier alpha value is -3.49. The first-order valence-electron chi connectivity index (χ1n) is 12.9. The number of aromatic nitrogens is 1. The third kappa shape index (κ3) is 14.7. The molecule has 1 spiro atoms. The van der Waals surface area contributed by atoms with Gasteiger partial charge in [0.25, 0.3) is 0 Å². The maximum Gasteiger partial charge on any atom is 0.490 e. The number of halogens is 9. The molecular formula is C26H30F9N3O7S. The van der Waals surface area contributed by atoms with E-state index in [-0.39, 0.29) is 0 Å². The van der Waals surface area contributed by atoms with Crippen molar-refractivity contribution in [2.45, 2.75) is 38.1 Å². The molecule has 3 N–H and O–H groups in total. The molecule has 0 radical (unpaired) electrons. The summed E-state index contributed by atoms with van der Waals surface area (Å²) in [7, 11) is 2.25. The predicted molar refractivity (Wildman–Crippen MR) is 143 cm³/mol. The Kier molecular flexibility index (Phi) is 15.4. The molecule has 2 atom stereocenters. The second-order valence-corrected chi connectivity index (χ2v) is 11.1. The van der Waals surface area contributed by atoms with Gasteiger partial charge < -0.3 is 25.0 Å². The summed E-state index contributed by atoms with van der Waals surface area (Å²) >= 11 is 1.87. The van der Waals surface area contributed by atoms with E-state index in [1.165, 1.54) is 30.9 Å². The fourth-order valence-electron chi connectivity index (χ4n) is 4.52. The number of nitrogens with zero attached hydrogens (tertiary/aromatic N) is 3. The first kappa shape index (κ1) is 40.5. The zero-order chi connectivity index (χ0) is 35.3.